The molecule has 1 spiro atoms. The molecule has 3 rings (SSSR count). The quantitative estimate of drug-likeness (QED) is 0.800. The number of hydrogen-bond donors (Lipinski definition) is 2. The van der Waals surface area contributed by atoms with E-state index in [1.54, 1.807) is 0 Å². The summed E-state index contributed by atoms with van der Waals surface area (Å²) in [4.78, 5) is 0. The lowest BCUT2D eigenvalue weighted by Crippen LogP contribution is -2.68. The Morgan fingerprint density at radius 3 is 2.78 bits per heavy atom. The van der Waals surface area contributed by atoms with Crippen LogP contribution in [0.4, 0.5) is 0 Å². The molecule has 0 bridgehead atoms. The van der Waals surface area contributed by atoms with Crippen molar-refractivity contribution in [3.05, 3.63) is 0 Å². The average molecular weight is 271 g/mol. The molecule has 2 saturated carbocycles. The third kappa shape index (κ3) is 2.11. The molecule has 2 aliphatic carbocycles. The maximum Gasteiger partial charge on any atom is 0.0869 e. The van der Waals surface area contributed by atoms with E-state index in [1.165, 1.54) is 19.3 Å². The summed E-state index contributed by atoms with van der Waals surface area (Å²) in [7, 11) is 0. The van der Waals surface area contributed by atoms with Crippen LogP contribution in [-0.4, -0.2) is 47.5 Å². The lowest BCUT2D eigenvalue weighted by molar-refractivity contribution is -0.174. The molecule has 0 aromatic heterocycles. The van der Waals surface area contributed by atoms with Crippen LogP contribution in [0.2, 0.25) is 0 Å². The summed E-state index contributed by atoms with van der Waals surface area (Å²) in [5, 5.41) is 14.0. The van der Waals surface area contributed by atoms with Gasteiger partial charge in [-0.2, -0.15) is 11.8 Å². The smallest absolute Gasteiger partial charge is 0.0869 e. The van der Waals surface area contributed by atoms with Gasteiger partial charge in [0, 0.05) is 30.4 Å². The van der Waals surface area contributed by atoms with E-state index in [2.05, 4.69) is 12.2 Å². The van der Waals surface area contributed by atoms with Gasteiger partial charge in [-0.05, 0) is 38.4 Å². The van der Waals surface area contributed by atoms with Crippen LogP contribution in [0, 0.1) is 5.41 Å². The van der Waals surface area contributed by atoms with Gasteiger partial charge in [-0.15, -0.1) is 0 Å². The fraction of sp³-hybridized carbons (Fsp3) is 1.00. The van der Waals surface area contributed by atoms with E-state index in [9.17, 15) is 5.11 Å². The van der Waals surface area contributed by atoms with E-state index in [-0.39, 0.29) is 0 Å². The van der Waals surface area contributed by atoms with Gasteiger partial charge in [-0.25, -0.2) is 0 Å². The minimum Gasteiger partial charge on any atom is -0.388 e. The molecular weight excluding hydrogens is 246 g/mol. The van der Waals surface area contributed by atoms with Crippen LogP contribution in [0.3, 0.4) is 0 Å². The van der Waals surface area contributed by atoms with Crippen molar-refractivity contribution in [2.24, 2.45) is 5.41 Å². The minimum absolute atomic E-state index is 0.415. The van der Waals surface area contributed by atoms with Crippen molar-refractivity contribution < 1.29 is 9.84 Å². The van der Waals surface area contributed by atoms with Gasteiger partial charge < -0.3 is 15.2 Å². The molecule has 4 heteroatoms. The van der Waals surface area contributed by atoms with Gasteiger partial charge in [0.1, 0.15) is 0 Å². The average Bonchev–Trinajstić information content (AvgIpc) is 2.67. The first-order valence-electron chi connectivity index (χ1n) is 7.34. The second-order valence-electron chi connectivity index (χ2n) is 6.23. The summed E-state index contributed by atoms with van der Waals surface area (Å²) in [6.07, 6.45) is 6.52. The van der Waals surface area contributed by atoms with Crippen molar-refractivity contribution in [2.45, 2.75) is 56.8 Å². The molecule has 2 N–H and O–H groups in total. The van der Waals surface area contributed by atoms with Gasteiger partial charge in [0.05, 0.1) is 11.7 Å². The first-order valence-corrected chi connectivity index (χ1v) is 8.49. The monoisotopic (exact) mass is 271 g/mol. The van der Waals surface area contributed by atoms with Crippen molar-refractivity contribution in [1.29, 1.82) is 0 Å². The van der Waals surface area contributed by atoms with E-state index >= 15 is 0 Å². The van der Waals surface area contributed by atoms with Crippen LogP contribution in [0.5, 0.6) is 0 Å². The second-order valence-corrected chi connectivity index (χ2v) is 7.33. The predicted molar refractivity (Wildman–Crippen MR) is 75.0 cm³/mol. The molecule has 1 heterocycles. The fourth-order valence-corrected chi connectivity index (χ4v) is 5.07. The Balaban J connectivity index is 1.52. The summed E-state index contributed by atoms with van der Waals surface area (Å²) in [6.45, 7) is 3.69. The van der Waals surface area contributed by atoms with E-state index < -0.39 is 5.60 Å². The summed E-state index contributed by atoms with van der Waals surface area (Å²) < 4.78 is 5.86. The molecule has 3 aliphatic rings. The van der Waals surface area contributed by atoms with E-state index in [4.69, 9.17) is 4.74 Å². The molecule has 0 aromatic rings. The van der Waals surface area contributed by atoms with Crippen LogP contribution in [-0.2, 0) is 4.74 Å². The van der Waals surface area contributed by atoms with E-state index in [1.807, 2.05) is 11.8 Å². The zero-order valence-corrected chi connectivity index (χ0v) is 12.1. The Bertz CT molecular complexity index is 300. The summed E-state index contributed by atoms with van der Waals surface area (Å²) in [5.74, 6) is 2.00. The first-order chi connectivity index (χ1) is 8.69. The van der Waals surface area contributed by atoms with Crippen molar-refractivity contribution in [1.82, 2.24) is 5.32 Å². The Hall–Kier alpha value is 0.230. The number of nitrogens with one attached hydrogen (secondary N) is 1. The molecule has 1 aliphatic heterocycles. The SMILES string of the molecule is CCO[C@@H]1C[C@@H](NC[C@]2(O)CCSC2)C12CCC2. The second kappa shape index (κ2) is 4.97. The third-order valence-corrected chi connectivity index (χ3v) is 6.43. The van der Waals surface area contributed by atoms with E-state index in [0.29, 0.717) is 17.6 Å². The largest absolute Gasteiger partial charge is 0.388 e. The summed E-state index contributed by atoms with van der Waals surface area (Å²) in [5.41, 5.74) is -0.0373. The van der Waals surface area contributed by atoms with Gasteiger partial charge in [0.15, 0.2) is 0 Å². The lowest BCUT2D eigenvalue weighted by atomic mass is 9.51. The highest BCUT2D eigenvalue weighted by molar-refractivity contribution is 7.99. The Labute approximate surface area is 114 Å². The van der Waals surface area contributed by atoms with Gasteiger partial charge in [-0.1, -0.05) is 6.42 Å². The Morgan fingerprint density at radius 1 is 1.39 bits per heavy atom. The van der Waals surface area contributed by atoms with Crippen LogP contribution in [0.25, 0.3) is 0 Å². The van der Waals surface area contributed by atoms with Crippen LogP contribution in [0.15, 0.2) is 0 Å². The summed E-state index contributed by atoms with van der Waals surface area (Å²) >= 11 is 1.87. The van der Waals surface area contributed by atoms with Crippen molar-refractivity contribution in [2.75, 3.05) is 24.7 Å². The highest BCUT2D eigenvalue weighted by Crippen LogP contribution is 2.57. The van der Waals surface area contributed by atoms with Gasteiger partial charge >= 0.3 is 0 Å². The highest BCUT2D eigenvalue weighted by atomic mass is 32.2. The Morgan fingerprint density at radius 2 is 2.22 bits per heavy atom. The standard InChI is InChI=1S/C14H25NO2S/c1-2-17-12-8-11(14(12)4-3-5-14)15-9-13(16)6-7-18-10-13/h11-12,15-16H,2-10H2,1H3/t11-,12-,13-/m1/s1. The molecular formula is C14H25NO2S. The van der Waals surface area contributed by atoms with Crippen molar-refractivity contribution >= 4 is 11.8 Å². The molecule has 0 aromatic carbocycles. The Kier molecular flexibility index (Phi) is 3.65. The molecule has 0 amide bonds. The highest BCUT2D eigenvalue weighted by Gasteiger charge is 2.58. The normalized spacial score (nSPS) is 41.7. The molecule has 18 heavy (non-hydrogen) atoms. The number of rotatable bonds is 5. The molecule has 0 radical (unpaired) electrons. The van der Waals surface area contributed by atoms with Crippen molar-refractivity contribution in [3.63, 3.8) is 0 Å². The lowest BCUT2D eigenvalue weighted by Gasteiger charge is -2.61. The third-order valence-electron chi connectivity index (χ3n) is 5.20. The van der Waals surface area contributed by atoms with Crippen LogP contribution in [0.1, 0.15) is 39.0 Å². The fourth-order valence-electron chi connectivity index (χ4n) is 3.77. The molecule has 104 valence electrons. The first kappa shape index (κ1) is 13.2. The number of hydrogen-bond acceptors (Lipinski definition) is 4. The number of thioether (sulfide) groups is 1. The topological polar surface area (TPSA) is 41.5 Å². The summed E-state index contributed by atoms with van der Waals surface area (Å²) in [6, 6.07) is 0.581. The van der Waals surface area contributed by atoms with Crippen LogP contribution < -0.4 is 5.32 Å². The van der Waals surface area contributed by atoms with Gasteiger partial charge in [0.25, 0.3) is 0 Å². The molecule has 1 saturated heterocycles. The zero-order valence-electron chi connectivity index (χ0n) is 11.3. The minimum atomic E-state index is -0.452. The van der Waals surface area contributed by atoms with Gasteiger partial charge in [0.2, 0.25) is 0 Å². The molecule has 3 fully saturated rings. The maximum absolute atomic E-state index is 10.4. The zero-order chi connectivity index (χ0) is 12.6. The van der Waals surface area contributed by atoms with Crippen LogP contribution >= 0.6 is 11.8 Å². The van der Waals surface area contributed by atoms with Gasteiger partial charge in [-0.3, -0.25) is 0 Å². The molecule has 0 unspecified atom stereocenters. The number of ether oxygens (including phenoxy) is 1. The predicted octanol–water partition coefficient (Wildman–Crippen LogP) is 1.79. The molecule has 3 nitrogen and oxygen atoms in total. The number of aliphatic hydroxyl groups is 1. The van der Waals surface area contributed by atoms with E-state index in [0.717, 1.165) is 37.5 Å². The van der Waals surface area contributed by atoms with Crippen molar-refractivity contribution in [3.8, 4) is 0 Å². The molecule has 3 atom stereocenters. The maximum atomic E-state index is 10.4.